The lowest BCUT2D eigenvalue weighted by Gasteiger charge is -2.26. The molecule has 0 aromatic heterocycles. The number of nitrogens with one attached hydrogen (secondary N) is 1. The second kappa shape index (κ2) is 12.6. The molecule has 1 fully saturated rings. The van der Waals surface area contributed by atoms with E-state index in [1.807, 2.05) is 6.92 Å². The minimum absolute atomic E-state index is 0.0917. The van der Waals surface area contributed by atoms with E-state index in [0.717, 1.165) is 11.3 Å². The van der Waals surface area contributed by atoms with Gasteiger partial charge in [-0.1, -0.05) is 42.3 Å². The molecular weight excluding hydrogens is 595 g/mol. The smallest absolute Gasteiger partial charge is 0.339 e. The molecule has 0 bridgehead atoms. The average Bonchev–Trinajstić information content (AvgIpc) is 2.94. The van der Waals surface area contributed by atoms with Gasteiger partial charge >= 0.3 is 16.1 Å². The highest BCUT2D eigenvalue weighted by molar-refractivity contribution is 7.87. The van der Waals surface area contributed by atoms with E-state index in [4.69, 9.17) is 36.9 Å². The van der Waals surface area contributed by atoms with Crippen molar-refractivity contribution in [1.29, 1.82) is 0 Å². The van der Waals surface area contributed by atoms with Gasteiger partial charge in [-0.15, -0.1) is 0 Å². The number of hydrogen-bond donors (Lipinski definition) is 1. The molecule has 4 amide bonds. The third-order valence-corrected chi connectivity index (χ3v) is 7.58. The molecule has 0 atom stereocenters. The first-order chi connectivity index (χ1) is 19.5. The number of carbonyl (C=O) groups excluding carboxylic acids is 3. The number of halogens is 2. The SMILES string of the molecule is CCCOc1ccc(CN2C(=O)NC(=O)/C(=C\c3ccc(OS(=O)(=O)c4ccc(Cl)cc4)c(Cl)c3)C2=O)cc1OC. The minimum atomic E-state index is -4.20. The van der Waals surface area contributed by atoms with Gasteiger partial charge in [-0.25, -0.2) is 4.79 Å². The van der Waals surface area contributed by atoms with E-state index < -0.39 is 28.0 Å². The fourth-order valence-electron chi connectivity index (χ4n) is 3.77. The van der Waals surface area contributed by atoms with Crippen molar-refractivity contribution < 1.29 is 36.5 Å². The summed E-state index contributed by atoms with van der Waals surface area (Å²) in [5, 5.41) is 2.42. The number of barbiturate groups is 1. The van der Waals surface area contributed by atoms with E-state index in [-0.39, 0.29) is 33.3 Å². The van der Waals surface area contributed by atoms with Crippen LogP contribution in [0, 0.1) is 0 Å². The number of rotatable bonds is 10. The summed E-state index contributed by atoms with van der Waals surface area (Å²) in [5.74, 6) is -0.929. The third kappa shape index (κ3) is 6.99. The van der Waals surface area contributed by atoms with Crippen LogP contribution in [0.15, 0.2) is 71.1 Å². The van der Waals surface area contributed by atoms with Crippen LogP contribution in [-0.2, 0) is 26.3 Å². The van der Waals surface area contributed by atoms with E-state index in [9.17, 15) is 22.8 Å². The summed E-state index contributed by atoms with van der Waals surface area (Å²) in [6, 6.07) is 13.5. The maximum atomic E-state index is 13.2. The molecule has 3 aromatic rings. The Kier molecular flexibility index (Phi) is 9.21. The normalized spacial score (nSPS) is 14.7. The number of imide groups is 2. The Labute approximate surface area is 246 Å². The van der Waals surface area contributed by atoms with Crippen molar-refractivity contribution in [2.75, 3.05) is 13.7 Å². The van der Waals surface area contributed by atoms with Crippen molar-refractivity contribution in [3.8, 4) is 17.2 Å². The Morgan fingerprint density at radius 1 is 0.927 bits per heavy atom. The second-order valence-corrected chi connectivity index (χ2v) is 11.1. The molecule has 0 aliphatic carbocycles. The lowest BCUT2D eigenvalue weighted by atomic mass is 10.1. The van der Waals surface area contributed by atoms with Crippen molar-refractivity contribution in [2.45, 2.75) is 24.8 Å². The van der Waals surface area contributed by atoms with Gasteiger partial charge in [0.15, 0.2) is 17.2 Å². The van der Waals surface area contributed by atoms with Crippen LogP contribution in [0.1, 0.15) is 24.5 Å². The first kappa shape index (κ1) is 29.9. The van der Waals surface area contributed by atoms with E-state index >= 15 is 0 Å². The van der Waals surface area contributed by atoms with Gasteiger partial charge in [0, 0.05) is 5.02 Å². The van der Waals surface area contributed by atoms with Crippen LogP contribution < -0.4 is 19.0 Å². The molecule has 3 aromatic carbocycles. The fourth-order valence-corrected chi connectivity index (χ4v) is 5.12. The first-order valence-electron chi connectivity index (χ1n) is 12.2. The van der Waals surface area contributed by atoms with Gasteiger partial charge in [-0.2, -0.15) is 8.42 Å². The molecule has 0 unspecified atom stereocenters. The van der Waals surface area contributed by atoms with Crippen molar-refractivity contribution in [1.82, 2.24) is 10.2 Å². The number of hydrogen-bond acceptors (Lipinski definition) is 8. The zero-order chi connectivity index (χ0) is 29.7. The highest BCUT2D eigenvalue weighted by atomic mass is 35.5. The second-order valence-electron chi connectivity index (χ2n) is 8.72. The third-order valence-electron chi connectivity index (χ3n) is 5.78. The fraction of sp³-hybridized carbons (Fsp3) is 0.179. The molecule has 0 saturated carbocycles. The van der Waals surface area contributed by atoms with E-state index in [1.165, 1.54) is 55.7 Å². The van der Waals surface area contributed by atoms with Gasteiger partial charge in [0.05, 0.1) is 25.3 Å². The number of nitrogens with zero attached hydrogens (tertiary/aromatic N) is 1. The van der Waals surface area contributed by atoms with E-state index in [1.54, 1.807) is 18.2 Å². The Bertz CT molecular complexity index is 1640. The molecule has 1 N–H and O–H groups in total. The highest BCUT2D eigenvalue weighted by Gasteiger charge is 2.36. The van der Waals surface area contributed by atoms with Crippen LogP contribution in [0.2, 0.25) is 10.0 Å². The molecule has 1 heterocycles. The van der Waals surface area contributed by atoms with Crippen LogP contribution in [0.25, 0.3) is 6.08 Å². The summed E-state index contributed by atoms with van der Waals surface area (Å²) >= 11 is 12.1. The van der Waals surface area contributed by atoms with Gasteiger partial charge in [0.2, 0.25) is 0 Å². The molecule has 214 valence electrons. The number of amides is 4. The number of methoxy groups -OCH3 is 1. The van der Waals surface area contributed by atoms with Crippen LogP contribution in [-0.4, -0.2) is 44.9 Å². The maximum Gasteiger partial charge on any atom is 0.339 e. The summed E-state index contributed by atoms with van der Waals surface area (Å²) < 4.78 is 41.3. The molecule has 0 radical (unpaired) electrons. The number of urea groups is 1. The lowest BCUT2D eigenvalue weighted by Crippen LogP contribution is -2.53. The average molecular weight is 619 g/mol. The van der Waals surface area contributed by atoms with Gasteiger partial charge in [0.1, 0.15) is 10.5 Å². The van der Waals surface area contributed by atoms with Gasteiger partial charge < -0.3 is 13.7 Å². The highest BCUT2D eigenvalue weighted by Crippen LogP contribution is 2.31. The van der Waals surface area contributed by atoms with Crippen molar-refractivity contribution in [3.63, 3.8) is 0 Å². The predicted octanol–water partition coefficient (Wildman–Crippen LogP) is 5.22. The Morgan fingerprint density at radius 3 is 2.29 bits per heavy atom. The number of carbonyl (C=O) groups is 3. The van der Waals surface area contributed by atoms with Crippen LogP contribution >= 0.6 is 23.2 Å². The largest absolute Gasteiger partial charge is 0.493 e. The first-order valence-corrected chi connectivity index (χ1v) is 14.4. The van der Waals surface area contributed by atoms with E-state index in [0.29, 0.717) is 28.7 Å². The van der Waals surface area contributed by atoms with Gasteiger partial charge in [-0.3, -0.25) is 19.8 Å². The lowest BCUT2D eigenvalue weighted by molar-refractivity contribution is -0.130. The Balaban J connectivity index is 1.55. The summed E-state index contributed by atoms with van der Waals surface area (Å²) in [7, 11) is -2.73. The predicted molar refractivity (Wildman–Crippen MR) is 152 cm³/mol. The summed E-state index contributed by atoms with van der Waals surface area (Å²) in [6.45, 7) is 2.32. The molecule has 0 spiro atoms. The topological polar surface area (TPSA) is 128 Å². The quantitative estimate of drug-likeness (QED) is 0.186. The molecule has 13 heteroatoms. The van der Waals surface area contributed by atoms with Crippen molar-refractivity contribution >= 4 is 57.2 Å². The molecule has 1 aliphatic rings. The molecule has 10 nitrogen and oxygen atoms in total. The Morgan fingerprint density at radius 2 is 1.63 bits per heavy atom. The summed E-state index contributed by atoms with van der Waals surface area (Å²) in [6.07, 6.45) is 2.04. The number of benzene rings is 3. The summed E-state index contributed by atoms with van der Waals surface area (Å²) in [5.41, 5.74) is 0.533. The zero-order valence-electron chi connectivity index (χ0n) is 21.8. The van der Waals surface area contributed by atoms with E-state index in [2.05, 4.69) is 5.32 Å². The maximum absolute atomic E-state index is 13.2. The van der Waals surface area contributed by atoms with Crippen LogP contribution in [0.5, 0.6) is 17.2 Å². The molecular formula is C28H24Cl2N2O8S. The number of ether oxygens (including phenoxy) is 2. The minimum Gasteiger partial charge on any atom is -0.493 e. The van der Waals surface area contributed by atoms with Crippen molar-refractivity contribution in [3.05, 3.63) is 87.4 Å². The molecule has 41 heavy (non-hydrogen) atoms. The van der Waals surface area contributed by atoms with Gasteiger partial charge in [0.25, 0.3) is 11.8 Å². The zero-order valence-corrected chi connectivity index (χ0v) is 24.2. The van der Waals surface area contributed by atoms with Gasteiger partial charge in [-0.05, 0) is 72.2 Å². The van der Waals surface area contributed by atoms with Crippen molar-refractivity contribution in [2.24, 2.45) is 0 Å². The molecule has 4 rings (SSSR count). The molecule has 1 aliphatic heterocycles. The van der Waals surface area contributed by atoms with Crippen LogP contribution in [0.4, 0.5) is 4.79 Å². The van der Waals surface area contributed by atoms with Crippen LogP contribution in [0.3, 0.4) is 0 Å². The molecule has 1 saturated heterocycles. The standard InChI is InChI=1S/C28H24Cl2N2O8S/c1-3-12-39-24-11-5-18(15-25(24)38-2)16-32-27(34)21(26(33)31-28(32)35)13-17-4-10-23(22(30)14-17)40-41(36,37)20-8-6-19(29)7-9-20/h4-11,13-15H,3,12,16H2,1-2H3,(H,31,33,35)/b21-13+. The Hall–Kier alpha value is -4.06. The monoisotopic (exact) mass is 618 g/mol. The summed E-state index contributed by atoms with van der Waals surface area (Å²) in [4.78, 5) is 39.1.